The van der Waals surface area contributed by atoms with Crippen molar-refractivity contribution in [2.45, 2.75) is 13.1 Å². The number of rotatable bonds is 1. The summed E-state index contributed by atoms with van der Waals surface area (Å²) < 4.78 is 43.3. The van der Waals surface area contributed by atoms with Crippen LogP contribution in [0.1, 0.15) is 18.1 Å². The normalized spacial score (nSPS) is 26.0. The van der Waals surface area contributed by atoms with Gasteiger partial charge in [0.1, 0.15) is 0 Å². The van der Waals surface area contributed by atoms with E-state index in [0.29, 0.717) is 13.2 Å². The summed E-state index contributed by atoms with van der Waals surface area (Å²) in [5.74, 6) is 0.489. The van der Waals surface area contributed by atoms with E-state index < -0.39 is 11.7 Å². The molecule has 1 fully saturated rings. The monoisotopic (exact) mass is 280 g/mol. The van der Waals surface area contributed by atoms with Crippen LogP contribution in [-0.2, 0) is 10.9 Å². The highest BCUT2D eigenvalue weighted by Gasteiger charge is 2.31. The number of ether oxygens (including phenoxy) is 1. The van der Waals surface area contributed by atoms with E-state index in [4.69, 9.17) is 4.74 Å². The first kappa shape index (κ1) is 13.4. The molecule has 2 atom stereocenters. The summed E-state index contributed by atoms with van der Waals surface area (Å²) in [6.07, 6.45) is -0.0378. The Morgan fingerprint density at radius 1 is 1.10 bits per heavy atom. The van der Waals surface area contributed by atoms with Gasteiger partial charge in [-0.25, -0.2) is 0 Å². The summed E-state index contributed by atoms with van der Waals surface area (Å²) in [6, 6.07) is 5.43. The molecule has 1 nitrogen and oxygen atoms in total. The molecule has 106 valence electrons. The molecule has 0 saturated carbocycles. The first-order chi connectivity index (χ1) is 9.47. The maximum atomic E-state index is 12.6. The molecule has 0 amide bonds. The zero-order chi connectivity index (χ0) is 14.3. The molecule has 1 aliphatic heterocycles. The van der Waals surface area contributed by atoms with E-state index in [1.807, 2.05) is 0 Å². The standard InChI is InChI=1S/C16H15F3O/c1-10-2-3-12-8-20-9-14(12)15(10)11-4-6-13(7-5-11)16(17,18)19/h2-7,10,12H,8-9H2,1H3/t10-,12-/m1/s1. The number of allylic oxidation sites excluding steroid dienone is 2. The summed E-state index contributed by atoms with van der Waals surface area (Å²) in [4.78, 5) is 0. The van der Waals surface area contributed by atoms with Gasteiger partial charge in [-0.3, -0.25) is 0 Å². The van der Waals surface area contributed by atoms with Crippen molar-refractivity contribution in [3.05, 3.63) is 53.1 Å². The van der Waals surface area contributed by atoms with Gasteiger partial charge in [0.05, 0.1) is 18.8 Å². The molecule has 1 aromatic carbocycles. The van der Waals surface area contributed by atoms with Crippen LogP contribution in [0.2, 0.25) is 0 Å². The topological polar surface area (TPSA) is 9.23 Å². The highest BCUT2D eigenvalue weighted by molar-refractivity contribution is 5.74. The Hall–Kier alpha value is -1.55. The molecule has 0 aromatic heterocycles. The van der Waals surface area contributed by atoms with E-state index in [0.717, 1.165) is 23.3 Å². The van der Waals surface area contributed by atoms with E-state index >= 15 is 0 Å². The minimum Gasteiger partial charge on any atom is -0.376 e. The molecule has 0 unspecified atom stereocenters. The predicted molar refractivity (Wildman–Crippen MR) is 71.0 cm³/mol. The van der Waals surface area contributed by atoms with E-state index in [2.05, 4.69) is 19.1 Å². The fraction of sp³-hybridized carbons (Fsp3) is 0.375. The SMILES string of the molecule is C[C@@H]1C=C[C@@H]2COCC2=C1c1ccc(C(F)(F)F)cc1. The van der Waals surface area contributed by atoms with Crippen molar-refractivity contribution in [1.29, 1.82) is 0 Å². The molecule has 1 aliphatic carbocycles. The van der Waals surface area contributed by atoms with Crippen LogP contribution in [-0.4, -0.2) is 13.2 Å². The molecule has 2 aliphatic rings. The second kappa shape index (κ2) is 4.77. The molecule has 0 bridgehead atoms. The summed E-state index contributed by atoms with van der Waals surface area (Å²) in [6.45, 7) is 3.31. The lowest BCUT2D eigenvalue weighted by Crippen LogP contribution is -2.11. The van der Waals surface area contributed by atoms with Crippen LogP contribution >= 0.6 is 0 Å². The van der Waals surface area contributed by atoms with Gasteiger partial charge >= 0.3 is 6.18 Å². The van der Waals surface area contributed by atoms with Crippen molar-refractivity contribution in [3.63, 3.8) is 0 Å². The number of fused-ring (bicyclic) bond motifs is 1. The zero-order valence-electron chi connectivity index (χ0n) is 11.1. The largest absolute Gasteiger partial charge is 0.416 e. The fourth-order valence-corrected chi connectivity index (χ4v) is 2.93. The number of hydrogen-bond acceptors (Lipinski definition) is 1. The smallest absolute Gasteiger partial charge is 0.376 e. The number of hydrogen-bond donors (Lipinski definition) is 0. The van der Waals surface area contributed by atoms with Gasteiger partial charge in [-0.05, 0) is 34.8 Å². The van der Waals surface area contributed by atoms with Crippen molar-refractivity contribution in [2.24, 2.45) is 11.8 Å². The Morgan fingerprint density at radius 2 is 1.80 bits per heavy atom. The Kier molecular flexibility index (Phi) is 3.21. The van der Waals surface area contributed by atoms with Crippen molar-refractivity contribution < 1.29 is 17.9 Å². The quantitative estimate of drug-likeness (QED) is 0.696. The lowest BCUT2D eigenvalue weighted by atomic mass is 9.80. The third kappa shape index (κ3) is 2.29. The fourth-order valence-electron chi connectivity index (χ4n) is 2.93. The summed E-state index contributed by atoms with van der Waals surface area (Å²) in [5.41, 5.74) is 2.58. The second-order valence-corrected chi connectivity index (χ2v) is 5.31. The van der Waals surface area contributed by atoms with E-state index in [-0.39, 0.29) is 11.8 Å². The minimum atomic E-state index is -4.28. The molecule has 4 heteroatoms. The molecule has 1 aromatic rings. The number of alkyl halides is 3. The minimum absolute atomic E-state index is 0.208. The molecule has 20 heavy (non-hydrogen) atoms. The molecule has 3 rings (SSSR count). The lowest BCUT2D eigenvalue weighted by molar-refractivity contribution is -0.137. The van der Waals surface area contributed by atoms with Gasteiger partial charge in [-0.15, -0.1) is 0 Å². The van der Waals surface area contributed by atoms with Gasteiger partial charge in [0.15, 0.2) is 0 Å². The lowest BCUT2D eigenvalue weighted by Gasteiger charge is -2.23. The Balaban J connectivity index is 2.00. The van der Waals surface area contributed by atoms with Crippen molar-refractivity contribution >= 4 is 5.57 Å². The van der Waals surface area contributed by atoms with Gasteiger partial charge in [0.2, 0.25) is 0 Å². The van der Waals surface area contributed by atoms with Gasteiger partial charge in [0.25, 0.3) is 0 Å². The third-order valence-corrected chi connectivity index (χ3v) is 3.96. The number of benzene rings is 1. The Morgan fingerprint density at radius 3 is 2.45 bits per heavy atom. The van der Waals surface area contributed by atoms with E-state index in [1.54, 1.807) is 12.1 Å². The third-order valence-electron chi connectivity index (χ3n) is 3.96. The maximum absolute atomic E-state index is 12.6. The van der Waals surface area contributed by atoms with Crippen LogP contribution in [0.25, 0.3) is 5.57 Å². The van der Waals surface area contributed by atoms with E-state index in [9.17, 15) is 13.2 Å². The Labute approximate surface area is 115 Å². The first-order valence-corrected chi connectivity index (χ1v) is 6.63. The molecular formula is C16H15F3O. The van der Waals surface area contributed by atoms with Gasteiger partial charge in [-0.2, -0.15) is 13.2 Å². The van der Waals surface area contributed by atoms with Crippen molar-refractivity contribution in [3.8, 4) is 0 Å². The van der Waals surface area contributed by atoms with Crippen molar-refractivity contribution in [2.75, 3.05) is 13.2 Å². The van der Waals surface area contributed by atoms with Gasteiger partial charge in [-0.1, -0.05) is 31.2 Å². The summed E-state index contributed by atoms with van der Waals surface area (Å²) in [7, 11) is 0. The van der Waals surface area contributed by atoms with Crippen LogP contribution in [0.4, 0.5) is 13.2 Å². The Bertz CT molecular complexity index is 566. The highest BCUT2D eigenvalue weighted by atomic mass is 19.4. The predicted octanol–water partition coefficient (Wildman–Crippen LogP) is 4.31. The van der Waals surface area contributed by atoms with Crippen LogP contribution in [0, 0.1) is 11.8 Å². The second-order valence-electron chi connectivity index (χ2n) is 5.31. The van der Waals surface area contributed by atoms with E-state index in [1.165, 1.54) is 5.57 Å². The molecule has 1 heterocycles. The van der Waals surface area contributed by atoms with Crippen LogP contribution in [0.15, 0.2) is 42.0 Å². The zero-order valence-corrected chi connectivity index (χ0v) is 11.1. The van der Waals surface area contributed by atoms with Gasteiger partial charge in [0, 0.05) is 5.92 Å². The highest BCUT2D eigenvalue weighted by Crippen LogP contribution is 2.39. The first-order valence-electron chi connectivity index (χ1n) is 6.63. The van der Waals surface area contributed by atoms with Crippen LogP contribution in [0.5, 0.6) is 0 Å². The van der Waals surface area contributed by atoms with Gasteiger partial charge < -0.3 is 4.74 Å². The molecule has 1 saturated heterocycles. The van der Waals surface area contributed by atoms with Crippen molar-refractivity contribution in [1.82, 2.24) is 0 Å². The summed E-state index contributed by atoms with van der Waals surface area (Å²) in [5, 5.41) is 0. The number of halogens is 3. The maximum Gasteiger partial charge on any atom is 0.416 e. The molecule has 0 N–H and O–H groups in total. The van der Waals surface area contributed by atoms with Crippen LogP contribution in [0.3, 0.4) is 0 Å². The molecular weight excluding hydrogens is 265 g/mol. The summed E-state index contributed by atoms with van der Waals surface area (Å²) >= 11 is 0. The average Bonchev–Trinajstić information content (AvgIpc) is 2.86. The average molecular weight is 280 g/mol. The molecule has 0 radical (unpaired) electrons. The molecule has 0 spiro atoms. The van der Waals surface area contributed by atoms with Crippen LogP contribution < -0.4 is 0 Å².